The predicted molar refractivity (Wildman–Crippen MR) is 123 cm³/mol. The van der Waals surface area contributed by atoms with E-state index in [0.717, 1.165) is 17.3 Å². The van der Waals surface area contributed by atoms with E-state index in [2.05, 4.69) is 83.5 Å². The molecule has 0 aliphatic heterocycles. The van der Waals surface area contributed by atoms with Gasteiger partial charge in [-0.3, -0.25) is 0 Å². The molecule has 4 rings (SSSR count). The average Bonchev–Trinajstić information content (AvgIpc) is 3.02. The smallest absolute Gasteiger partial charge is 0.173 e. The van der Waals surface area contributed by atoms with Crippen molar-refractivity contribution in [3.63, 3.8) is 0 Å². The molecule has 1 heterocycles. The third-order valence-electron chi connectivity index (χ3n) is 5.87. The van der Waals surface area contributed by atoms with Crippen LogP contribution in [0, 0.1) is 6.92 Å². The average molecular weight is 392 g/mol. The molecule has 1 N–H and O–H groups in total. The summed E-state index contributed by atoms with van der Waals surface area (Å²) in [6.45, 7) is 2.97. The van der Waals surface area contributed by atoms with Crippen molar-refractivity contribution in [3.05, 3.63) is 65.9 Å². The zero-order chi connectivity index (χ0) is 19.5. The van der Waals surface area contributed by atoms with E-state index in [4.69, 9.17) is 12.2 Å². The Hall–Kier alpha value is -2.33. The van der Waals surface area contributed by atoms with E-state index in [1.165, 1.54) is 54.1 Å². The maximum absolute atomic E-state index is 5.92. The van der Waals surface area contributed by atoms with Crippen LogP contribution in [0.5, 0.6) is 0 Å². The van der Waals surface area contributed by atoms with Crippen molar-refractivity contribution in [1.82, 2.24) is 9.47 Å². The zero-order valence-electron chi connectivity index (χ0n) is 16.8. The van der Waals surface area contributed by atoms with E-state index >= 15 is 0 Å². The van der Waals surface area contributed by atoms with Crippen molar-refractivity contribution in [2.24, 2.45) is 7.05 Å². The first-order valence-corrected chi connectivity index (χ1v) is 10.7. The van der Waals surface area contributed by atoms with Crippen LogP contribution in [-0.2, 0) is 13.6 Å². The molecule has 0 amide bonds. The number of hydrogen-bond acceptors (Lipinski definition) is 1. The van der Waals surface area contributed by atoms with Crippen LogP contribution < -0.4 is 5.32 Å². The molecule has 28 heavy (non-hydrogen) atoms. The van der Waals surface area contributed by atoms with Gasteiger partial charge in [-0.25, -0.2) is 0 Å². The minimum absolute atomic E-state index is 0.512. The highest BCUT2D eigenvalue weighted by Crippen LogP contribution is 2.28. The second-order valence-corrected chi connectivity index (χ2v) is 8.39. The van der Waals surface area contributed by atoms with Gasteiger partial charge in [0, 0.05) is 42.4 Å². The Bertz CT molecular complexity index is 969. The highest BCUT2D eigenvalue weighted by molar-refractivity contribution is 7.80. The summed E-state index contributed by atoms with van der Waals surface area (Å²) in [7, 11) is 2.13. The molecular weight excluding hydrogens is 362 g/mol. The Kier molecular flexibility index (Phi) is 5.67. The lowest BCUT2D eigenvalue weighted by molar-refractivity contribution is 0.241. The normalized spacial score (nSPS) is 14.9. The monoisotopic (exact) mass is 391 g/mol. The minimum atomic E-state index is 0.512. The van der Waals surface area contributed by atoms with Crippen LogP contribution in [0.1, 0.15) is 43.2 Å². The van der Waals surface area contributed by atoms with Crippen LogP contribution in [0.2, 0.25) is 0 Å². The summed E-state index contributed by atoms with van der Waals surface area (Å²) in [5.41, 5.74) is 4.94. The quantitative estimate of drug-likeness (QED) is 0.549. The van der Waals surface area contributed by atoms with E-state index in [1.807, 2.05) is 0 Å². The Labute approximate surface area is 173 Å². The molecule has 0 saturated heterocycles. The van der Waals surface area contributed by atoms with Crippen molar-refractivity contribution >= 4 is 33.9 Å². The fraction of sp³-hybridized carbons (Fsp3) is 0.375. The van der Waals surface area contributed by atoms with E-state index in [-0.39, 0.29) is 0 Å². The number of nitrogens with zero attached hydrogens (tertiary/aromatic N) is 2. The summed E-state index contributed by atoms with van der Waals surface area (Å²) in [5, 5.41) is 5.67. The topological polar surface area (TPSA) is 20.2 Å². The molecule has 0 atom stereocenters. The van der Waals surface area contributed by atoms with E-state index < -0.39 is 0 Å². The van der Waals surface area contributed by atoms with Gasteiger partial charge in [-0.2, -0.15) is 0 Å². The van der Waals surface area contributed by atoms with Gasteiger partial charge in [0.15, 0.2) is 5.11 Å². The first-order chi connectivity index (χ1) is 13.6. The van der Waals surface area contributed by atoms with Crippen molar-refractivity contribution in [1.29, 1.82) is 0 Å². The number of nitrogens with one attached hydrogen (secondary N) is 1. The van der Waals surface area contributed by atoms with Crippen LogP contribution in [0.4, 0.5) is 5.69 Å². The first kappa shape index (κ1) is 19.0. The zero-order valence-corrected chi connectivity index (χ0v) is 17.6. The third-order valence-corrected chi connectivity index (χ3v) is 6.20. The summed E-state index contributed by atoms with van der Waals surface area (Å²) in [6.07, 6.45) is 8.64. The molecule has 146 valence electrons. The molecule has 1 aliphatic rings. The number of hydrogen-bond donors (Lipinski definition) is 1. The summed E-state index contributed by atoms with van der Waals surface area (Å²) in [6, 6.07) is 17.6. The summed E-state index contributed by atoms with van der Waals surface area (Å²) in [5.74, 6) is 0. The van der Waals surface area contributed by atoms with Gasteiger partial charge >= 0.3 is 0 Å². The minimum Gasteiger partial charge on any atom is -0.350 e. The standard InChI is InChI=1S/C24H29N3S/c1-18-9-8-10-20(15-18)25-24(28)27(21-11-4-3-5-12-21)17-19-16-26(2)23-14-7-6-13-22(19)23/h6-10,13-16,21H,3-5,11-12,17H2,1-2H3,(H,25,28). The second-order valence-electron chi connectivity index (χ2n) is 8.00. The van der Waals surface area contributed by atoms with Gasteiger partial charge in [-0.15, -0.1) is 0 Å². The molecule has 0 spiro atoms. The van der Waals surface area contributed by atoms with Gasteiger partial charge in [0.25, 0.3) is 0 Å². The highest BCUT2D eigenvalue weighted by Gasteiger charge is 2.24. The molecule has 0 unspecified atom stereocenters. The van der Waals surface area contributed by atoms with Crippen molar-refractivity contribution in [3.8, 4) is 0 Å². The summed E-state index contributed by atoms with van der Waals surface area (Å²) in [4.78, 5) is 2.43. The second kappa shape index (κ2) is 8.36. The summed E-state index contributed by atoms with van der Waals surface area (Å²) >= 11 is 5.92. The van der Waals surface area contributed by atoms with Crippen LogP contribution in [0.25, 0.3) is 10.9 Å². The molecule has 4 heteroatoms. The Balaban J connectivity index is 1.62. The van der Waals surface area contributed by atoms with Crippen LogP contribution >= 0.6 is 12.2 Å². The highest BCUT2D eigenvalue weighted by atomic mass is 32.1. The van der Waals surface area contributed by atoms with Crippen molar-refractivity contribution in [2.45, 2.75) is 51.6 Å². The first-order valence-electron chi connectivity index (χ1n) is 10.3. The lowest BCUT2D eigenvalue weighted by atomic mass is 9.94. The number of benzene rings is 2. The largest absolute Gasteiger partial charge is 0.350 e. The molecule has 3 nitrogen and oxygen atoms in total. The predicted octanol–water partition coefficient (Wildman–Crippen LogP) is 6.02. The van der Waals surface area contributed by atoms with Gasteiger partial charge in [0.05, 0.1) is 0 Å². The van der Waals surface area contributed by atoms with Gasteiger partial charge in [-0.1, -0.05) is 49.6 Å². The maximum atomic E-state index is 5.92. The third kappa shape index (κ3) is 4.07. The molecule has 1 aliphatic carbocycles. The number of para-hydroxylation sites is 1. The molecule has 0 radical (unpaired) electrons. The number of anilines is 1. The van der Waals surface area contributed by atoms with E-state index in [0.29, 0.717) is 6.04 Å². The number of fused-ring (bicyclic) bond motifs is 1. The van der Waals surface area contributed by atoms with Crippen molar-refractivity contribution in [2.75, 3.05) is 5.32 Å². The molecule has 0 bridgehead atoms. The molecule has 1 fully saturated rings. The maximum Gasteiger partial charge on any atom is 0.173 e. The van der Waals surface area contributed by atoms with Crippen LogP contribution in [0.3, 0.4) is 0 Å². The van der Waals surface area contributed by atoms with Gasteiger partial charge in [-0.05, 0) is 61.3 Å². The number of thiocarbonyl (C=S) groups is 1. The fourth-order valence-corrected chi connectivity index (χ4v) is 4.74. The Morgan fingerprint density at radius 1 is 1.11 bits per heavy atom. The van der Waals surface area contributed by atoms with Crippen molar-refractivity contribution < 1.29 is 0 Å². The van der Waals surface area contributed by atoms with Gasteiger partial charge < -0.3 is 14.8 Å². The lowest BCUT2D eigenvalue weighted by Crippen LogP contribution is -2.43. The molecule has 3 aromatic rings. The molecule has 1 aromatic heterocycles. The van der Waals surface area contributed by atoms with Crippen LogP contribution in [-0.4, -0.2) is 20.6 Å². The van der Waals surface area contributed by atoms with E-state index in [9.17, 15) is 0 Å². The fourth-order valence-electron chi connectivity index (χ4n) is 4.41. The lowest BCUT2D eigenvalue weighted by Gasteiger charge is -2.36. The molecule has 1 saturated carbocycles. The number of rotatable bonds is 4. The van der Waals surface area contributed by atoms with Gasteiger partial charge in [0.1, 0.15) is 0 Å². The Morgan fingerprint density at radius 2 is 1.89 bits per heavy atom. The molecule has 2 aromatic carbocycles. The summed E-state index contributed by atoms with van der Waals surface area (Å²) < 4.78 is 2.22. The number of aromatic nitrogens is 1. The Morgan fingerprint density at radius 3 is 2.68 bits per heavy atom. The number of aryl methyl sites for hydroxylation is 2. The van der Waals surface area contributed by atoms with Crippen LogP contribution in [0.15, 0.2) is 54.7 Å². The van der Waals surface area contributed by atoms with Gasteiger partial charge in [0.2, 0.25) is 0 Å². The molecular formula is C24H29N3S. The van der Waals surface area contributed by atoms with E-state index in [1.54, 1.807) is 0 Å². The SMILES string of the molecule is Cc1cccc(NC(=S)N(Cc2cn(C)c3ccccc23)C2CCCCC2)c1.